The molecule has 1 aromatic rings. The van der Waals surface area contributed by atoms with E-state index in [4.69, 9.17) is 10.8 Å². The van der Waals surface area contributed by atoms with Crippen molar-refractivity contribution < 1.29 is 9.90 Å². The summed E-state index contributed by atoms with van der Waals surface area (Å²) < 4.78 is 0. The van der Waals surface area contributed by atoms with E-state index >= 15 is 0 Å². The number of carbonyl (C=O) groups excluding carboxylic acids is 1. The summed E-state index contributed by atoms with van der Waals surface area (Å²) in [6.45, 7) is 0.00784. The summed E-state index contributed by atoms with van der Waals surface area (Å²) in [5.74, 6) is -0.108. The zero-order valence-electron chi connectivity index (χ0n) is 8.94. The second kappa shape index (κ2) is 4.09. The minimum Gasteiger partial charge on any atom is -0.397 e. The summed E-state index contributed by atoms with van der Waals surface area (Å²) >= 11 is 0. The second-order valence-electron chi connectivity index (χ2n) is 4.25. The minimum atomic E-state index is -0.356. The molecule has 0 atom stereocenters. The molecule has 1 heterocycles. The van der Waals surface area contributed by atoms with Gasteiger partial charge in [-0.05, 0) is 25.0 Å². The third kappa shape index (κ3) is 2.49. The predicted molar refractivity (Wildman–Crippen MR) is 59.5 cm³/mol. The Hall–Kier alpha value is -1.62. The molecule has 5 heteroatoms. The first kappa shape index (κ1) is 10.9. The van der Waals surface area contributed by atoms with Gasteiger partial charge in [-0.1, -0.05) is 0 Å². The maximum absolute atomic E-state index is 11.6. The van der Waals surface area contributed by atoms with Crippen LogP contribution in [0.2, 0.25) is 0 Å². The number of rotatable bonds is 4. The zero-order valence-corrected chi connectivity index (χ0v) is 8.94. The van der Waals surface area contributed by atoms with Gasteiger partial charge in [0.15, 0.2) is 0 Å². The molecular weight excluding hydrogens is 206 g/mol. The molecule has 1 fully saturated rings. The van der Waals surface area contributed by atoms with Gasteiger partial charge in [-0.3, -0.25) is 9.78 Å². The first-order valence-corrected chi connectivity index (χ1v) is 5.26. The molecule has 1 aliphatic rings. The average molecular weight is 221 g/mol. The van der Waals surface area contributed by atoms with Crippen LogP contribution in [0.1, 0.15) is 18.5 Å². The van der Waals surface area contributed by atoms with Crippen LogP contribution in [-0.4, -0.2) is 28.1 Å². The van der Waals surface area contributed by atoms with Gasteiger partial charge < -0.3 is 16.2 Å². The lowest BCUT2D eigenvalue weighted by Crippen LogP contribution is -2.40. The van der Waals surface area contributed by atoms with Crippen LogP contribution in [0, 0.1) is 0 Å². The number of hydrogen-bond acceptors (Lipinski definition) is 4. The number of anilines is 1. The number of carbonyl (C=O) groups is 1. The van der Waals surface area contributed by atoms with Crippen LogP contribution in [0.4, 0.5) is 5.69 Å². The topological polar surface area (TPSA) is 88.2 Å². The van der Waals surface area contributed by atoms with Gasteiger partial charge in [-0.15, -0.1) is 0 Å². The smallest absolute Gasteiger partial charge is 0.226 e. The van der Waals surface area contributed by atoms with E-state index in [1.54, 1.807) is 12.1 Å². The molecule has 1 aromatic heterocycles. The van der Waals surface area contributed by atoms with Crippen molar-refractivity contribution in [3.8, 4) is 0 Å². The number of amides is 1. The van der Waals surface area contributed by atoms with Gasteiger partial charge in [-0.2, -0.15) is 0 Å². The molecule has 0 saturated heterocycles. The Labute approximate surface area is 93.7 Å². The summed E-state index contributed by atoms with van der Waals surface area (Å²) in [4.78, 5) is 15.7. The van der Waals surface area contributed by atoms with Crippen LogP contribution < -0.4 is 11.1 Å². The van der Waals surface area contributed by atoms with E-state index in [1.807, 2.05) is 0 Å². The highest BCUT2D eigenvalue weighted by Gasteiger charge is 2.43. The van der Waals surface area contributed by atoms with Gasteiger partial charge in [0, 0.05) is 5.69 Å². The Kier molecular flexibility index (Phi) is 2.78. The van der Waals surface area contributed by atoms with E-state index in [0.29, 0.717) is 11.4 Å². The van der Waals surface area contributed by atoms with Gasteiger partial charge in [-0.25, -0.2) is 0 Å². The van der Waals surface area contributed by atoms with Crippen molar-refractivity contribution >= 4 is 11.6 Å². The largest absolute Gasteiger partial charge is 0.397 e. The van der Waals surface area contributed by atoms with Gasteiger partial charge in [0.25, 0.3) is 0 Å². The minimum absolute atomic E-state index is 0.00784. The number of nitrogens with one attached hydrogen (secondary N) is 1. The maximum Gasteiger partial charge on any atom is 0.226 e. The van der Waals surface area contributed by atoms with Gasteiger partial charge in [0.1, 0.15) is 0 Å². The Morgan fingerprint density at radius 3 is 2.81 bits per heavy atom. The van der Waals surface area contributed by atoms with Crippen molar-refractivity contribution in [1.82, 2.24) is 10.3 Å². The van der Waals surface area contributed by atoms with E-state index in [-0.39, 0.29) is 24.5 Å². The normalized spacial score (nSPS) is 16.8. The summed E-state index contributed by atoms with van der Waals surface area (Å²) in [5, 5.41) is 11.9. The number of aromatic nitrogens is 1. The third-order valence-electron chi connectivity index (χ3n) is 2.75. The first-order valence-electron chi connectivity index (χ1n) is 5.26. The van der Waals surface area contributed by atoms with E-state index in [1.165, 1.54) is 6.20 Å². The van der Waals surface area contributed by atoms with Gasteiger partial charge >= 0.3 is 0 Å². The monoisotopic (exact) mass is 221 g/mol. The molecule has 86 valence electrons. The molecule has 16 heavy (non-hydrogen) atoms. The Morgan fingerprint density at radius 2 is 2.31 bits per heavy atom. The average Bonchev–Trinajstić information content (AvgIpc) is 3.02. The predicted octanol–water partition coefficient (Wildman–Crippen LogP) is -0.153. The lowest BCUT2D eigenvalue weighted by atomic mass is 10.2. The number of nitrogens with zero attached hydrogens (tertiary/aromatic N) is 1. The van der Waals surface area contributed by atoms with Crippen LogP contribution in [0.3, 0.4) is 0 Å². The summed E-state index contributed by atoms with van der Waals surface area (Å²) in [7, 11) is 0. The van der Waals surface area contributed by atoms with Gasteiger partial charge in [0.05, 0.1) is 30.5 Å². The molecule has 0 bridgehead atoms. The van der Waals surface area contributed by atoms with Gasteiger partial charge in [0.2, 0.25) is 5.91 Å². The lowest BCUT2D eigenvalue weighted by molar-refractivity contribution is -0.121. The van der Waals surface area contributed by atoms with Crippen LogP contribution in [0.25, 0.3) is 0 Å². The van der Waals surface area contributed by atoms with Crippen molar-refractivity contribution in [3.63, 3.8) is 0 Å². The summed E-state index contributed by atoms with van der Waals surface area (Å²) in [6.07, 6.45) is 3.46. The Bertz CT molecular complexity index is 385. The molecule has 1 aliphatic carbocycles. The molecule has 4 N–H and O–H groups in total. The van der Waals surface area contributed by atoms with Crippen molar-refractivity contribution in [2.45, 2.75) is 24.8 Å². The highest BCUT2D eigenvalue weighted by Crippen LogP contribution is 2.34. The molecule has 0 aliphatic heterocycles. The standard InChI is InChI=1S/C11H15N3O2/c12-8-1-2-9(13-6-8)5-10(16)14-11(7-15)3-4-11/h1-2,6,15H,3-5,7,12H2,(H,14,16). The molecule has 0 aromatic carbocycles. The molecule has 1 amide bonds. The van der Waals surface area contributed by atoms with Crippen molar-refractivity contribution in [1.29, 1.82) is 0 Å². The molecule has 2 rings (SSSR count). The van der Waals surface area contributed by atoms with Crippen LogP contribution in [-0.2, 0) is 11.2 Å². The van der Waals surface area contributed by atoms with Crippen molar-refractivity contribution in [2.24, 2.45) is 0 Å². The number of hydrogen-bond donors (Lipinski definition) is 3. The third-order valence-corrected chi connectivity index (χ3v) is 2.75. The SMILES string of the molecule is Nc1ccc(CC(=O)NC2(CO)CC2)nc1. The zero-order chi connectivity index (χ0) is 11.6. The van der Waals surface area contributed by atoms with E-state index in [2.05, 4.69) is 10.3 Å². The Morgan fingerprint density at radius 1 is 1.56 bits per heavy atom. The highest BCUT2D eigenvalue weighted by atomic mass is 16.3. The number of pyridine rings is 1. The van der Waals surface area contributed by atoms with E-state index in [9.17, 15) is 4.79 Å². The molecule has 1 saturated carbocycles. The fourth-order valence-corrected chi connectivity index (χ4v) is 1.52. The quantitative estimate of drug-likeness (QED) is 0.659. The van der Waals surface area contributed by atoms with Crippen molar-refractivity contribution in [3.05, 3.63) is 24.0 Å². The molecular formula is C11H15N3O2. The lowest BCUT2D eigenvalue weighted by Gasteiger charge is -2.13. The second-order valence-corrected chi connectivity index (χ2v) is 4.25. The fraction of sp³-hybridized carbons (Fsp3) is 0.455. The Balaban J connectivity index is 1.90. The fourth-order valence-electron chi connectivity index (χ4n) is 1.52. The molecule has 0 radical (unpaired) electrons. The van der Waals surface area contributed by atoms with Crippen molar-refractivity contribution in [2.75, 3.05) is 12.3 Å². The summed E-state index contributed by atoms with van der Waals surface area (Å²) in [5.41, 5.74) is 6.40. The van der Waals surface area contributed by atoms with Crippen LogP contribution >= 0.6 is 0 Å². The number of nitrogens with two attached hydrogens (primary N) is 1. The van der Waals surface area contributed by atoms with Crippen LogP contribution in [0.15, 0.2) is 18.3 Å². The number of nitrogen functional groups attached to an aromatic ring is 1. The molecule has 5 nitrogen and oxygen atoms in total. The van der Waals surface area contributed by atoms with Crippen LogP contribution in [0.5, 0.6) is 0 Å². The maximum atomic E-state index is 11.6. The summed E-state index contributed by atoms with van der Waals surface area (Å²) in [6, 6.07) is 3.45. The van der Waals surface area contributed by atoms with E-state index < -0.39 is 0 Å². The highest BCUT2D eigenvalue weighted by molar-refractivity contribution is 5.79. The van der Waals surface area contributed by atoms with E-state index in [0.717, 1.165) is 12.8 Å². The number of aliphatic hydroxyl groups excluding tert-OH is 1. The first-order chi connectivity index (χ1) is 7.63. The molecule has 0 unspecified atom stereocenters. The molecule has 0 spiro atoms. The number of aliphatic hydroxyl groups is 1.